The summed E-state index contributed by atoms with van der Waals surface area (Å²) in [6.07, 6.45) is 0. The third kappa shape index (κ3) is 6.46. The summed E-state index contributed by atoms with van der Waals surface area (Å²) in [6, 6.07) is 22.9. The van der Waals surface area contributed by atoms with Crippen molar-refractivity contribution in [2.45, 2.75) is 11.4 Å². The van der Waals surface area contributed by atoms with Crippen molar-refractivity contribution in [3.8, 4) is 0 Å². The Balaban J connectivity index is 0.000000538. The van der Waals surface area contributed by atoms with Gasteiger partial charge in [-0.3, -0.25) is 8.74 Å². The van der Waals surface area contributed by atoms with Gasteiger partial charge in [-0.15, -0.1) is 4.40 Å². The first kappa shape index (κ1) is 26.8. The van der Waals surface area contributed by atoms with Crippen LogP contribution in [0.5, 0.6) is 0 Å². The number of para-hydroxylation sites is 2. The van der Waals surface area contributed by atoms with Crippen molar-refractivity contribution in [2.24, 2.45) is 22.9 Å². The van der Waals surface area contributed by atoms with Crippen LogP contribution in [0.25, 0.3) is 21.8 Å². The summed E-state index contributed by atoms with van der Waals surface area (Å²) in [5.74, 6) is -0.492. The average Bonchev–Trinajstić information content (AvgIpc) is 2.83. The lowest BCUT2D eigenvalue weighted by Crippen LogP contribution is -2.30. The standard InChI is InChI=1S/C22H22N5O2S.CH4O4S/c1-27-20-8-4-2-6-17(20)19(18-7-3-5-9-21(18)27)14-25-15-10-12-16(13-11-15)30(28,29)26-22(23)24;1-5-6(2,3)4/h2-13,25H,14H2,1H3,(H4,23,24,26);1H3,(H,2,3,4)/q+1;. The highest BCUT2D eigenvalue weighted by Gasteiger charge is 2.17. The van der Waals surface area contributed by atoms with Crippen LogP contribution in [0.2, 0.25) is 0 Å². The second-order valence-corrected chi connectivity index (χ2v) is 10.3. The Labute approximate surface area is 209 Å². The fourth-order valence-corrected chi connectivity index (χ4v) is 4.50. The zero-order valence-electron chi connectivity index (χ0n) is 19.5. The number of anilines is 1. The molecule has 0 aliphatic heterocycles. The minimum absolute atomic E-state index is 0.0316. The molecular formula is C23H26N5O6S2+. The van der Waals surface area contributed by atoms with Gasteiger partial charge in [0.25, 0.3) is 10.0 Å². The zero-order valence-corrected chi connectivity index (χ0v) is 21.1. The number of pyridine rings is 1. The van der Waals surface area contributed by atoms with Gasteiger partial charge in [-0.1, -0.05) is 24.3 Å². The number of hydrogen-bond donors (Lipinski definition) is 4. The van der Waals surface area contributed by atoms with Gasteiger partial charge in [0.2, 0.25) is 17.0 Å². The van der Waals surface area contributed by atoms with Crippen LogP contribution in [0.1, 0.15) is 5.56 Å². The molecule has 0 atom stereocenters. The highest BCUT2D eigenvalue weighted by molar-refractivity contribution is 7.90. The Morgan fingerprint density at radius 1 is 0.917 bits per heavy atom. The van der Waals surface area contributed by atoms with Gasteiger partial charge < -0.3 is 16.8 Å². The number of sulfonamides is 1. The largest absolute Gasteiger partial charge is 0.397 e. The van der Waals surface area contributed by atoms with Gasteiger partial charge in [-0.05, 0) is 42.0 Å². The fraction of sp³-hybridized carbons (Fsp3) is 0.130. The molecule has 0 radical (unpaired) electrons. The van der Waals surface area contributed by atoms with Gasteiger partial charge in [0.15, 0.2) is 0 Å². The first-order valence-electron chi connectivity index (χ1n) is 10.4. The quantitative estimate of drug-likeness (QED) is 0.0948. The number of rotatable bonds is 6. The molecular weight excluding hydrogens is 506 g/mol. The molecule has 6 N–H and O–H groups in total. The molecule has 0 saturated carbocycles. The molecule has 0 fully saturated rings. The van der Waals surface area contributed by atoms with E-state index in [2.05, 4.69) is 49.8 Å². The van der Waals surface area contributed by atoms with Crippen molar-refractivity contribution in [1.29, 1.82) is 0 Å². The average molecular weight is 533 g/mol. The second kappa shape index (κ2) is 10.9. The van der Waals surface area contributed by atoms with Crippen molar-refractivity contribution in [3.63, 3.8) is 0 Å². The molecule has 0 aliphatic carbocycles. The maximum Gasteiger partial charge on any atom is 0.397 e. The van der Waals surface area contributed by atoms with E-state index in [0.29, 0.717) is 6.54 Å². The van der Waals surface area contributed by atoms with Crippen LogP contribution in [0.3, 0.4) is 0 Å². The highest BCUT2D eigenvalue weighted by Crippen LogP contribution is 2.26. The number of benzene rings is 3. The van der Waals surface area contributed by atoms with Gasteiger partial charge in [0, 0.05) is 24.4 Å². The van der Waals surface area contributed by atoms with Crippen molar-refractivity contribution in [1.82, 2.24) is 0 Å². The van der Waals surface area contributed by atoms with E-state index < -0.39 is 26.4 Å². The van der Waals surface area contributed by atoms with Gasteiger partial charge in [0.1, 0.15) is 7.05 Å². The predicted molar refractivity (Wildman–Crippen MR) is 138 cm³/mol. The first-order valence-corrected chi connectivity index (χ1v) is 13.2. The Morgan fingerprint density at radius 2 is 1.39 bits per heavy atom. The Bertz CT molecular complexity index is 1580. The summed E-state index contributed by atoms with van der Waals surface area (Å²) in [7, 11) is -5.12. The summed E-state index contributed by atoms with van der Waals surface area (Å²) in [5.41, 5.74) is 14.6. The first-order chi connectivity index (χ1) is 16.9. The smallest absolute Gasteiger partial charge is 0.381 e. The summed E-state index contributed by atoms with van der Waals surface area (Å²) in [6.45, 7) is 0.585. The summed E-state index contributed by atoms with van der Waals surface area (Å²) >= 11 is 0. The highest BCUT2D eigenvalue weighted by atomic mass is 32.3. The van der Waals surface area contributed by atoms with Crippen molar-refractivity contribution in [3.05, 3.63) is 78.4 Å². The molecule has 3 aromatic carbocycles. The van der Waals surface area contributed by atoms with E-state index in [-0.39, 0.29) is 4.90 Å². The van der Waals surface area contributed by atoms with E-state index in [0.717, 1.165) is 34.6 Å². The topological polar surface area (TPSA) is 178 Å². The number of nitrogens with one attached hydrogen (secondary N) is 1. The molecule has 1 heterocycles. The lowest BCUT2D eigenvalue weighted by molar-refractivity contribution is -0.617. The molecule has 0 saturated heterocycles. The van der Waals surface area contributed by atoms with Gasteiger partial charge in [-0.25, -0.2) is 0 Å². The van der Waals surface area contributed by atoms with Crippen molar-refractivity contribution in [2.75, 3.05) is 12.4 Å². The number of fused-ring (bicyclic) bond motifs is 2. The molecule has 0 aliphatic rings. The molecule has 4 aromatic rings. The van der Waals surface area contributed by atoms with Crippen LogP contribution in [0.15, 0.2) is 82.1 Å². The van der Waals surface area contributed by atoms with Crippen LogP contribution in [0, 0.1) is 0 Å². The van der Waals surface area contributed by atoms with Crippen LogP contribution in [0.4, 0.5) is 5.69 Å². The summed E-state index contributed by atoms with van der Waals surface area (Å²) < 4.78 is 59.4. The van der Waals surface area contributed by atoms with E-state index in [9.17, 15) is 16.8 Å². The van der Waals surface area contributed by atoms with Gasteiger partial charge >= 0.3 is 10.4 Å². The lowest BCUT2D eigenvalue weighted by Gasteiger charge is -2.12. The van der Waals surface area contributed by atoms with Crippen LogP contribution in [-0.2, 0) is 38.2 Å². The summed E-state index contributed by atoms with van der Waals surface area (Å²) in [4.78, 5) is 0.0316. The number of aryl methyl sites for hydroxylation is 1. The Kier molecular flexibility index (Phi) is 8.10. The molecule has 0 spiro atoms. The zero-order chi connectivity index (χ0) is 26.5. The van der Waals surface area contributed by atoms with Crippen molar-refractivity contribution < 1.29 is 30.1 Å². The number of nitrogens with zero attached hydrogens (tertiary/aromatic N) is 2. The Hall–Kier alpha value is -3.78. The van der Waals surface area contributed by atoms with Crippen LogP contribution < -0.4 is 21.4 Å². The minimum Gasteiger partial charge on any atom is -0.381 e. The summed E-state index contributed by atoms with van der Waals surface area (Å²) in [5, 5.41) is 5.72. The fourth-order valence-electron chi connectivity index (χ4n) is 3.63. The molecule has 0 bridgehead atoms. The normalized spacial score (nSPS) is 11.5. The molecule has 13 heteroatoms. The molecule has 4 rings (SSSR count). The van der Waals surface area contributed by atoms with Gasteiger partial charge in [-0.2, -0.15) is 21.4 Å². The lowest BCUT2D eigenvalue weighted by atomic mass is 10.0. The third-order valence-corrected chi connectivity index (χ3v) is 6.98. The van der Waals surface area contributed by atoms with Crippen LogP contribution >= 0.6 is 0 Å². The maximum atomic E-state index is 12.1. The molecule has 0 amide bonds. The van der Waals surface area contributed by atoms with Crippen LogP contribution in [-0.4, -0.2) is 34.5 Å². The monoisotopic (exact) mass is 532 g/mol. The number of hydrogen-bond acceptors (Lipinski definition) is 6. The predicted octanol–water partition coefficient (Wildman–Crippen LogP) is 1.83. The number of aromatic nitrogens is 1. The van der Waals surface area contributed by atoms with Gasteiger partial charge in [0.05, 0.1) is 22.8 Å². The molecule has 36 heavy (non-hydrogen) atoms. The molecule has 1 aromatic heterocycles. The second-order valence-electron chi connectivity index (χ2n) is 7.54. The van der Waals surface area contributed by atoms with E-state index in [1.54, 1.807) is 12.1 Å². The van der Waals surface area contributed by atoms with Crippen molar-refractivity contribution >= 4 is 53.9 Å². The molecule has 190 valence electrons. The molecule has 0 unspecified atom stereocenters. The Morgan fingerprint density at radius 3 is 1.83 bits per heavy atom. The van der Waals surface area contributed by atoms with E-state index in [1.807, 2.05) is 24.3 Å². The van der Waals surface area contributed by atoms with E-state index >= 15 is 0 Å². The SMILES string of the molecule is COS(=O)(=O)O.C[n+]1c2ccccc2c(CNc2ccc(S(=O)(=O)N=C(N)N)cc2)c2ccccc21. The number of guanidine groups is 1. The minimum atomic E-state index is -4.16. The number of nitrogens with two attached hydrogens (primary N) is 2. The van der Waals surface area contributed by atoms with E-state index in [1.165, 1.54) is 17.7 Å². The molecule has 11 nitrogen and oxygen atoms in total. The maximum absolute atomic E-state index is 12.1. The van der Waals surface area contributed by atoms with E-state index in [4.69, 9.17) is 16.0 Å². The third-order valence-electron chi connectivity index (χ3n) is 5.24.